The molecular formula is C24H24N2O2S. The van der Waals surface area contributed by atoms with Gasteiger partial charge in [-0.25, -0.2) is 0 Å². The van der Waals surface area contributed by atoms with Gasteiger partial charge in [-0.3, -0.25) is 9.59 Å². The van der Waals surface area contributed by atoms with E-state index in [-0.39, 0.29) is 17.9 Å². The maximum atomic E-state index is 13.2. The summed E-state index contributed by atoms with van der Waals surface area (Å²) in [6.07, 6.45) is 3.47. The van der Waals surface area contributed by atoms with Crippen LogP contribution in [0.1, 0.15) is 45.2 Å². The largest absolute Gasteiger partial charge is 0.347 e. The van der Waals surface area contributed by atoms with E-state index < -0.39 is 6.04 Å². The van der Waals surface area contributed by atoms with E-state index in [1.54, 1.807) is 6.07 Å². The predicted molar refractivity (Wildman–Crippen MR) is 116 cm³/mol. The zero-order valence-electron chi connectivity index (χ0n) is 16.1. The Balaban J connectivity index is 1.52. The van der Waals surface area contributed by atoms with Crippen LogP contribution in [0.4, 0.5) is 0 Å². The summed E-state index contributed by atoms with van der Waals surface area (Å²) in [6, 6.07) is 21.1. The average molecular weight is 405 g/mol. The van der Waals surface area contributed by atoms with Gasteiger partial charge < -0.3 is 10.6 Å². The van der Waals surface area contributed by atoms with E-state index in [0.29, 0.717) is 11.3 Å². The van der Waals surface area contributed by atoms with Gasteiger partial charge in [0.25, 0.3) is 5.91 Å². The second-order valence-electron chi connectivity index (χ2n) is 7.35. The molecule has 0 saturated heterocycles. The molecule has 4 nitrogen and oxygen atoms in total. The number of hydrogen-bond donors (Lipinski definition) is 2. The minimum atomic E-state index is -0.624. The van der Waals surface area contributed by atoms with Crippen LogP contribution in [-0.2, 0) is 17.6 Å². The topological polar surface area (TPSA) is 58.2 Å². The number of carbonyl (C=O) groups is 2. The lowest BCUT2D eigenvalue weighted by Crippen LogP contribution is -2.49. The van der Waals surface area contributed by atoms with Crippen LogP contribution in [-0.4, -0.2) is 17.9 Å². The standard InChI is InChI=1S/C24H24N2O2S/c27-23(25-20-13-6-11-18-10-4-5-12-19(18)20)21(16-17-8-2-1-3-9-17)26-24(28)22-14-7-15-29-22/h1-5,7-10,12,14-15,20-21H,6,11,13,16H2,(H,25,27)(H,26,28)/t20?,21-/m0/s1. The van der Waals surface area contributed by atoms with Crippen molar-refractivity contribution in [1.82, 2.24) is 10.6 Å². The van der Waals surface area contributed by atoms with Crippen molar-refractivity contribution in [2.45, 2.75) is 37.8 Å². The molecule has 2 aromatic carbocycles. The minimum Gasteiger partial charge on any atom is -0.347 e. The molecule has 0 fully saturated rings. The molecule has 1 aliphatic rings. The molecule has 0 bridgehead atoms. The Bertz CT molecular complexity index is 970. The normalized spacial score (nSPS) is 16.5. The van der Waals surface area contributed by atoms with E-state index in [1.165, 1.54) is 22.5 Å². The third-order valence-corrected chi connectivity index (χ3v) is 6.20. The summed E-state index contributed by atoms with van der Waals surface area (Å²) in [6.45, 7) is 0. The van der Waals surface area contributed by atoms with Gasteiger partial charge in [0.1, 0.15) is 6.04 Å². The number of thiophene rings is 1. The van der Waals surface area contributed by atoms with E-state index in [1.807, 2.05) is 53.9 Å². The molecule has 1 heterocycles. The van der Waals surface area contributed by atoms with E-state index in [4.69, 9.17) is 0 Å². The van der Waals surface area contributed by atoms with Crippen LogP contribution >= 0.6 is 11.3 Å². The summed E-state index contributed by atoms with van der Waals surface area (Å²) < 4.78 is 0. The first-order valence-electron chi connectivity index (χ1n) is 9.97. The van der Waals surface area contributed by atoms with Gasteiger partial charge in [0, 0.05) is 6.42 Å². The van der Waals surface area contributed by atoms with Crippen LogP contribution in [0.25, 0.3) is 0 Å². The third-order valence-electron chi connectivity index (χ3n) is 5.34. The molecule has 0 radical (unpaired) electrons. The summed E-state index contributed by atoms with van der Waals surface area (Å²) in [7, 11) is 0. The smallest absolute Gasteiger partial charge is 0.262 e. The van der Waals surface area contributed by atoms with E-state index in [0.717, 1.165) is 24.8 Å². The van der Waals surface area contributed by atoms with E-state index in [2.05, 4.69) is 22.8 Å². The van der Waals surface area contributed by atoms with Crippen molar-refractivity contribution in [2.75, 3.05) is 0 Å². The fourth-order valence-corrected chi connectivity index (χ4v) is 4.50. The first kappa shape index (κ1) is 19.4. The molecule has 1 aliphatic carbocycles. The molecule has 0 saturated carbocycles. The molecule has 5 heteroatoms. The summed E-state index contributed by atoms with van der Waals surface area (Å²) >= 11 is 1.37. The Morgan fingerprint density at radius 3 is 2.59 bits per heavy atom. The number of hydrogen-bond acceptors (Lipinski definition) is 3. The monoisotopic (exact) mass is 404 g/mol. The van der Waals surface area contributed by atoms with Gasteiger partial charge in [0.05, 0.1) is 10.9 Å². The molecule has 148 valence electrons. The summed E-state index contributed by atoms with van der Waals surface area (Å²) in [5, 5.41) is 8.00. The van der Waals surface area contributed by atoms with Crippen molar-refractivity contribution in [3.63, 3.8) is 0 Å². The van der Waals surface area contributed by atoms with Crippen molar-refractivity contribution in [2.24, 2.45) is 0 Å². The summed E-state index contributed by atoms with van der Waals surface area (Å²) in [5.41, 5.74) is 3.50. The van der Waals surface area contributed by atoms with Crippen molar-refractivity contribution < 1.29 is 9.59 Å². The number of carbonyl (C=O) groups excluding carboxylic acids is 2. The van der Waals surface area contributed by atoms with Gasteiger partial charge in [0.2, 0.25) is 5.91 Å². The third kappa shape index (κ3) is 4.74. The Hall–Kier alpha value is -2.92. The van der Waals surface area contributed by atoms with Crippen LogP contribution in [0.2, 0.25) is 0 Å². The van der Waals surface area contributed by atoms with Gasteiger partial charge >= 0.3 is 0 Å². The van der Waals surface area contributed by atoms with Gasteiger partial charge in [-0.1, -0.05) is 60.7 Å². The van der Waals surface area contributed by atoms with Crippen molar-refractivity contribution >= 4 is 23.2 Å². The van der Waals surface area contributed by atoms with E-state index in [9.17, 15) is 9.59 Å². The van der Waals surface area contributed by atoms with Crippen LogP contribution < -0.4 is 10.6 Å². The highest BCUT2D eigenvalue weighted by Gasteiger charge is 2.27. The molecule has 2 amide bonds. The second-order valence-corrected chi connectivity index (χ2v) is 8.29. The Kier molecular flexibility index (Phi) is 6.06. The maximum Gasteiger partial charge on any atom is 0.262 e. The minimum absolute atomic E-state index is 0.00985. The van der Waals surface area contributed by atoms with Crippen LogP contribution in [0.5, 0.6) is 0 Å². The summed E-state index contributed by atoms with van der Waals surface area (Å²) in [5.74, 6) is -0.347. The molecular weight excluding hydrogens is 380 g/mol. The molecule has 1 unspecified atom stereocenters. The molecule has 2 N–H and O–H groups in total. The maximum absolute atomic E-state index is 13.2. The fraction of sp³-hybridized carbons (Fsp3) is 0.250. The number of fused-ring (bicyclic) bond motifs is 1. The highest BCUT2D eigenvalue weighted by Crippen LogP contribution is 2.29. The molecule has 4 rings (SSSR count). The number of rotatable bonds is 6. The number of aryl methyl sites for hydroxylation is 1. The lowest BCUT2D eigenvalue weighted by molar-refractivity contribution is -0.123. The molecule has 29 heavy (non-hydrogen) atoms. The van der Waals surface area contributed by atoms with Crippen molar-refractivity contribution in [3.05, 3.63) is 93.7 Å². The number of benzene rings is 2. The lowest BCUT2D eigenvalue weighted by Gasteiger charge is -2.28. The van der Waals surface area contributed by atoms with Gasteiger partial charge in [-0.05, 0) is 47.4 Å². The SMILES string of the molecule is O=C(N[C@@H](Cc1ccccc1)C(=O)NC1CCCc2ccccc21)c1cccs1. The Morgan fingerprint density at radius 1 is 1.00 bits per heavy atom. The average Bonchev–Trinajstić information content (AvgIpc) is 3.29. The first-order valence-corrected chi connectivity index (χ1v) is 10.8. The zero-order valence-corrected chi connectivity index (χ0v) is 17.0. The second kappa shape index (κ2) is 9.05. The first-order chi connectivity index (χ1) is 14.2. The highest BCUT2D eigenvalue weighted by molar-refractivity contribution is 7.12. The zero-order chi connectivity index (χ0) is 20.1. The lowest BCUT2D eigenvalue weighted by atomic mass is 9.87. The molecule has 1 aromatic heterocycles. The molecule has 0 spiro atoms. The van der Waals surface area contributed by atoms with Gasteiger partial charge in [0.15, 0.2) is 0 Å². The van der Waals surface area contributed by atoms with Gasteiger partial charge in [-0.2, -0.15) is 0 Å². The molecule has 0 aliphatic heterocycles. The predicted octanol–water partition coefficient (Wildman–Crippen LogP) is 4.28. The van der Waals surface area contributed by atoms with Crippen LogP contribution in [0.3, 0.4) is 0 Å². The van der Waals surface area contributed by atoms with E-state index >= 15 is 0 Å². The van der Waals surface area contributed by atoms with Crippen molar-refractivity contribution in [1.29, 1.82) is 0 Å². The number of nitrogens with one attached hydrogen (secondary N) is 2. The molecule has 2 atom stereocenters. The molecule has 3 aromatic rings. The highest BCUT2D eigenvalue weighted by atomic mass is 32.1. The number of amides is 2. The van der Waals surface area contributed by atoms with Gasteiger partial charge in [-0.15, -0.1) is 11.3 Å². The Labute approximate surface area is 175 Å². The Morgan fingerprint density at radius 2 is 1.79 bits per heavy atom. The van der Waals surface area contributed by atoms with Crippen LogP contribution in [0.15, 0.2) is 72.1 Å². The quantitative estimate of drug-likeness (QED) is 0.644. The van der Waals surface area contributed by atoms with Crippen molar-refractivity contribution in [3.8, 4) is 0 Å². The fourth-order valence-electron chi connectivity index (χ4n) is 3.87. The summed E-state index contributed by atoms with van der Waals surface area (Å²) in [4.78, 5) is 26.4. The van der Waals surface area contributed by atoms with Crippen LogP contribution in [0, 0.1) is 0 Å².